The van der Waals surface area contributed by atoms with Crippen LogP contribution in [-0.2, 0) is 14.4 Å². The number of imide groups is 1. The number of amides is 3. The van der Waals surface area contributed by atoms with Crippen LogP contribution in [0.5, 0.6) is 17.2 Å². The van der Waals surface area contributed by atoms with Crippen molar-refractivity contribution in [3.05, 3.63) is 92.9 Å². The molecule has 0 spiro atoms. The van der Waals surface area contributed by atoms with E-state index in [-0.39, 0.29) is 29.0 Å². The SMILES string of the molecule is COc1ccc(N2C(=O)[C@H]3[C@H](c4ccccc4OCC(=O)Nc4ccc(O)cc4)c4sc(=O)[nH]c4S[C@H]3C2=O)cc1. The maximum absolute atomic E-state index is 14.0. The first-order valence-electron chi connectivity index (χ1n) is 12.6. The van der Waals surface area contributed by atoms with Gasteiger partial charge in [-0.15, -0.1) is 0 Å². The first kappa shape index (κ1) is 26.7. The number of thiazole rings is 1. The maximum Gasteiger partial charge on any atom is 0.305 e. The number of anilines is 2. The van der Waals surface area contributed by atoms with Crippen LogP contribution in [0.1, 0.15) is 16.4 Å². The molecule has 3 amide bonds. The van der Waals surface area contributed by atoms with Crippen molar-refractivity contribution >= 4 is 52.2 Å². The van der Waals surface area contributed by atoms with Crippen LogP contribution in [0.25, 0.3) is 0 Å². The zero-order valence-electron chi connectivity index (χ0n) is 21.5. The van der Waals surface area contributed by atoms with E-state index in [1.807, 2.05) is 0 Å². The van der Waals surface area contributed by atoms with Gasteiger partial charge in [0.25, 0.3) is 5.91 Å². The largest absolute Gasteiger partial charge is 0.508 e. The molecule has 2 aliphatic rings. The molecule has 12 heteroatoms. The molecule has 1 saturated heterocycles. The molecule has 0 saturated carbocycles. The quantitative estimate of drug-likeness (QED) is 0.218. The monoisotopic (exact) mass is 589 g/mol. The fourth-order valence-electron chi connectivity index (χ4n) is 5.09. The molecule has 0 bridgehead atoms. The predicted molar refractivity (Wildman–Crippen MR) is 154 cm³/mol. The van der Waals surface area contributed by atoms with Gasteiger partial charge in [0, 0.05) is 22.0 Å². The van der Waals surface area contributed by atoms with Gasteiger partial charge in [-0.05, 0) is 54.6 Å². The molecule has 3 N–H and O–H groups in total. The zero-order chi connectivity index (χ0) is 28.7. The summed E-state index contributed by atoms with van der Waals surface area (Å²) in [5.41, 5.74) is 1.52. The minimum atomic E-state index is -0.802. The fraction of sp³-hybridized carbons (Fsp3) is 0.172. The number of aromatic nitrogens is 1. The van der Waals surface area contributed by atoms with Crippen LogP contribution in [0.2, 0.25) is 0 Å². The van der Waals surface area contributed by atoms with Crippen molar-refractivity contribution in [2.24, 2.45) is 5.92 Å². The van der Waals surface area contributed by atoms with Gasteiger partial charge >= 0.3 is 4.87 Å². The Morgan fingerprint density at radius 1 is 1.00 bits per heavy atom. The third-order valence-electron chi connectivity index (χ3n) is 6.92. The molecule has 1 aromatic heterocycles. The summed E-state index contributed by atoms with van der Waals surface area (Å²) in [5, 5.41) is 11.9. The molecule has 1 fully saturated rings. The second-order valence-electron chi connectivity index (χ2n) is 9.38. The number of fused-ring (bicyclic) bond motifs is 2. The van der Waals surface area contributed by atoms with Crippen LogP contribution in [0.15, 0.2) is 82.6 Å². The van der Waals surface area contributed by atoms with E-state index in [0.29, 0.717) is 38.3 Å². The Kier molecular flexibility index (Phi) is 7.01. The van der Waals surface area contributed by atoms with Gasteiger partial charge in [0.1, 0.15) is 22.5 Å². The number of carbonyl (C=O) groups excluding carboxylic acids is 3. The van der Waals surface area contributed by atoms with Crippen LogP contribution in [0.3, 0.4) is 0 Å². The summed E-state index contributed by atoms with van der Waals surface area (Å²) in [6, 6.07) is 19.7. The van der Waals surface area contributed by atoms with Gasteiger partial charge in [0.2, 0.25) is 11.8 Å². The summed E-state index contributed by atoms with van der Waals surface area (Å²) >= 11 is 2.18. The number of methoxy groups -OCH3 is 1. The van der Waals surface area contributed by atoms with Crippen molar-refractivity contribution in [1.29, 1.82) is 0 Å². The van der Waals surface area contributed by atoms with Gasteiger partial charge in [-0.1, -0.05) is 41.3 Å². The molecule has 3 atom stereocenters. The number of nitrogens with one attached hydrogen (secondary N) is 2. The lowest BCUT2D eigenvalue weighted by Crippen LogP contribution is -2.32. The number of phenolic OH excluding ortho intramolecular Hbond substituents is 1. The molecule has 0 aliphatic carbocycles. The zero-order valence-corrected chi connectivity index (χ0v) is 23.2. The molecule has 0 unspecified atom stereocenters. The van der Waals surface area contributed by atoms with Crippen molar-refractivity contribution in [2.75, 3.05) is 23.9 Å². The summed E-state index contributed by atoms with van der Waals surface area (Å²) in [4.78, 5) is 57.0. The van der Waals surface area contributed by atoms with Crippen LogP contribution in [-0.4, -0.2) is 46.8 Å². The number of phenols is 1. The summed E-state index contributed by atoms with van der Waals surface area (Å²) in [6.45, 7) is -0.325. The molecular weight excluding hydrogens is 566 g/mol. The molecule has 3 aromatic carbocycles. The standard InChI is InChI=1S/C29H23N3O7S2/c1-38-18-12-8-16(9-13-18)32-27(35)23-22(24-26(31-29(37)41-24)40-25(23)28(32)36)19-4-2-3-5-20(19)39-14-21(34)30-15-6-10-17(33)11-7-15/h2-13,22-23,25,33H,14H2,1H3,(H,30,34)(H,31,37)/t22-,23-,25+/m0/s1. The normalized spacial score (nSPS) is 19.4. The van der Waals surface area contributed by atoms with Crippen LogP contribution in [0.4, 0.5) is 11.4 Å². The number of hydrogen-bond donors (Lipinski definition) is 3. The van der Waals surface area contributed by atoms with Gasteiger partial charge in [-0.2, -0.15) is 0 Å². The first-order valence-corrected chi connectivity index (χ1v) is 14.3. The Morgan fingerprint density at radius 3 is 2.46 bits per heavy atom. The van der Waals surface area contributed by atoms with E-state index in [9.17, 15) is 24.3 Å². The number of carbonyl (C=O) groups is 3. The van der Waals surface area contributed by atoms with E-state index in [4.69, 9.17) is 9.47 Å². The molecular formula is C29H23N3O7S2. The fourth-order valence-corrected chi connectivity index (χ4v) is 7.60. The molecule has 3 heterocycles. The number of para-hydroxylation sites is 1. The van der Waals surface area contributed by atoms with E-state index in [0.717, 1.165) is 11.3 Å². The average Bonchev–Trinajstić information content (AvgIpc) is 3.47. The van der Waals surface area contributed by atoms with Crippen molar-refractivity contribution in [2.45, 2.75) is 16.2 Å². The van der Waals surface area contributed by atoms with Crippen LogP contribution < -0.4 is 24.6 Å². The maximum atomic E-state index is 14.0. The Bertz CT molecular complexity index is 1700. The van der Waals surface area contributed by atoms with Crippen molar-refractivity contribution in [3.63, 3.8) is 0 Å². The molecule has 0 radical (unpaired) electrons. The number of H-pyrrole nitrogens is 1. The highest BCUT2D eigenvalue weighted by atomic mass is 32.2. The van der Waals surface area contributed by atoms with Crippen LogP contribution >= 0.6 is 23.1 Å². The van der Waals surface area contributed by atoms with E-state index < -0.39 is 23.0 Å². The molecule has 41 heavy (non-hydrogen) atoms. The number of rotatable bonds is 7. The highest BCUT2D eigenvalue weighted by Gasteiger charge is 2.56. The van der Waals surface area contributed by atoms with E-state index in [2.05, 4.69) is 10.3 Å². The third-order valence-corrected chi connectivity index (χ3v) is 9.32. The van der Waals surface area contributed by atoms with Gasteiger partial charge in [-0.3, -0.25) is 19.2 Å². The summed E-state index contributed by atoms with van der Waals surface area (Å²) in [7, 11) is 1.53. The average molecular weight is 590 g/mol. The number of nitrogens with zero attached hydrogens (tertiary/aromatic N) is 1. The van der Waals surface area contributed by atoms with E-state index in [1.54, 1.807) is 60.7 Å². The molecule has 4 aromatic rings. The minimum Gasteiger partial charge on any atom is -0.508 e. The van der Waals surface area contributed by atoms with Crippen LogP contribution in [0, 0.1) is 5.92 Å². The van der Waals surface area contributed by atoms with Gasteiger partial charge in [0.05, 0.1) is 23.7 Å². The number of hydrogen-bond acceptors (Lipinski definition) is 9. The van der Waals surface area contributed by atoms with Gasteiger partial charge in [0.15, 0.2) is 6.61 Å². The molecule has 2 aliphatic heterocycles. The summed E-state index contributed by atoms with van der Waals surface area (Å²) < 4.78 is 11.2. The third kappa shape index (κ3) is 4.96. The lowest BCUT2D eigenvalue weighted by molar-refractivity contribution is -0.122. The Labute approximate surface area is 241 Å². The van der Waals surface area contributed by atoms with Gasteiger partial charge < -0.3 is 24.9 Å². The Hall–Kier alpha value is -4.55. The molecule has 6 rings (SSSR count). The smallest absolute Gasteiger partial charge is 0.305 e. The topological polar surface area (TPSA) is 138 Å². The second kappa shape index (κ2) is 10.8. The van der Waals surface area contributed by atoms with Gasteiger partial charge in [-0.25, -0.2) is 4.90 Å². The Morgan fingerprint density at radius 2 is 1.73 bits per heavy atom. The van der Waals surface area contributed by atoms with E-state index in [1.165, 1.54) is 35.9 Å². The number of ether oxygens (including phenoxy) is 2. The lowest BCUT2D eigenvalue weighted by atomic mass is 9.82. The molecule has 208 valence electrons. The number of benzene rings is 3. The Balaban J connectivity index is 1.33. The number of thioether (sulfide) groups is 1. The summed E-state index contributed by atoms with van der Waals surface area (Å²) in [5.74, 6) is -1.60. The second-order valence-corrected chi connectivity index (χ2v) is 11.5. The first-order chi connectivity index (χ1) is 19.8. The predicted octanol–water partition coefficient (Wildman–Crippen LogP) is 3.96. The minimum absolute atomic E-state index is 0.0778. The highest BCUT2D eigenvalue weighted by molar-refractivity contribution is 8.00. The molecule has 10 nitrogen and oxygen atoms in total. The van der Waals surface area contributed by atoms with Crippen molar-refractivity contribution in [3.8, 4) is 17.2 Å². The lowest BCUT2D eigenvalue weighted by Gasteiger charge is -2.30. The number of aromatic hydroxyl groups is 1. The van der Waals surface area contributed by atoms with Crippen molar-refractivity contribution < 1.29 is 29.0 Å². The highest BCUT2D eigenvalue weighted by Crippen LogP contribution is 2.54. The van der Waals surface area contributed by atoms with Crippen molar-refractivity contribution in [1.82, 2.24) is 4.98 Å². The number of aromatic amines is 1. The summed E-state index contributed by atoms with van der Waals surface area (Å²) in [6.07, 6.45) is 0. The van der Waals surface area contributed by atoms with E-state index >= 15 is 0 Å².